The average Bonchev–Trinajstić information content (AvgIpc) is 3.85. The molecule has 308 valence electrons. The number of allylic oxidation sites excluding steroid dienone is 8. The SMILES string of the molecule is O=C1NC(=O)/C(=C/C2=CCC(C(=O)NC[C@@H]3C[C@@H](SC(c4ccccc4)(c4ccccc4)c4ccccc4)CN3C(=O)c3ccccc3C(=O)C3C=CC(F)=CC3F)C=C2)S1. The Labute approximate surface area is 360 Å². The van der Waals surface area contributed by atoms with Crippen molar-refractivity contribution in [1.29, 1.82) is 0 Å². The molecule has 2 aliphatic carbocycles. The van der Waals surface area contributed by atoms with E-state index in [2.05, 4.69) is 47.0 Å². The predicted molar refractivity (Wildman–Crippen MR) is 235 cm³/mol. The van der Waals surface area contributed by atoms with Gasteiger partial charge in [0.05, 0.1) is 33.1 Å². The smallest absolute Gasteiger partial charge is 0.290 e. The van der Waals surface area contributed by atoms with E-state index in [-0.39, 0.29) is 40.3 Å². The lowest BCUT2D eigenvalue weighted by Crippen LogP contribution is -2.44. The molecule has 4 aliphatic rings. The maximum Gasteiger partial charge on any atom is 0.290 e. The van der Waals surface area contributed by atoms with Crippen LogP contribution < -0.4 is 10.6 Å². The number of nitrogens with zero attached hydrogens (tertiary/aromatic N) is 1. The number of amides is 4. The van der Waals surface area contributed by atoms with Gasteiger partial charge in [0.25, 0.3) is 17.1 Å². The first kappa shape index (κ1) is 41.6. The molecule has 2 aliphatic heterocycles. The van der Waals surface area contributed by atoms with Crippen molar-refractivity contribution in [3.63, 3.8) is 0 Å². The summed E-state index contributed by atoms with van der Waals surface area (Å²) in [4.78, 5) is 68.2. The summed E-state index contributed by atoms with van der Waals surface area (Å²) in [6.45, 7) is 0.403. The molecule has 0 spiro atoms. The summed E-state index contributed by atoms with van der Waals surface area (Å²) < 4.78 is 28.2. The number of alkyl halides is 1. The van der Waals surface area contributed by atoms with Crippen molar-refractivity contribution in [3.8, 4) is 0 Å². The second-order valence-corrected chi connectivity index (χ2v) is 17.7. The van der Waals surface area contributed by atoms with Gasteiger partial charge in [-0.05, 0) is 71.2 Å². The van der Waals surface area contributed by atoms with Gasteiger partial charge in [-0.15, -0.1) is 11.8 Å². The molecule has 3 unspecified atom stereocenters. The topological polar surface area (TPSA) is 113 Å². The number of hydrogen-bond acceptors (Lipinski definition) is 7. The van der Waals surface area contributed by atoms with Crippen molar-refractivity contribution in [2.24, 2.45) is 11.8 Å². The lowest BCUT2D eigenvalue weighted by atomic mass is 9.84. The molecule has 2 saturated heterocycles. The standard InChI is InChI=1S/C49H41F2N3O5S2/c50-36-24-25-41(42(51)27-36)44(55)39-18-10-11-19-40(39)47(58)54-30-38(28-37(54)29-52-45(56)32-22-20-31(21-23-32)26-43-46(57)53-48(59)60-43)61-49(33-12-4-1-5-13-33,34-14-6-2-7-15-34)35-16-8-3-9-17-35/h1-22,24-27,32,37-38,41-42H,23,28-30H2,(H,52,56)(H,53,57,59)/b43-26-/t32?,37-,38+,41?,42?/m0/s1. The zero-order valence-electron chi connectivity index (χ0n) is 32.8. The molecule has 5 atom stereocenters. The molecule has 4 aromatic rings. The Morgan fingerprint density at radius 2 is 1.44 bits per heavy atom. The first-order valence-corrected chi connectivity index (χ1v) is 21.7. The summed E-state index contributed by atoms with van der Waals surface area (Å²) in [5.41, 5.74) is 4.01. The monoisotopic (exact) mass is 853 g/mol. The van der Waals surface area contributed by atoms with Crippen LogP contribution in [-0.2, 0) is 14.3 Å². The predicted octanol–water partition coefficient (Wildman–Crippen LogP) is 9.04. The van der Waals surface area contributed by atoms with Crippen LogP contribution in [0.15, 0.2) is 174 Å². The molecule has 0 aromatic heterocycles. The molecule has 4 amide bonds. The van der Waals surface area contributed by atoms with Crippen molar-refractivity contribution in [1.82, 2.24) is 15.5 Å². The normalized spacial score (nSPS) is 23.1. The Morgan fingerprint density at radius 3 is 2.00 bits per heavy atom. The molecule has 2 fully saturated rings. The van der Waals surface area contributed by atoms with E-state index in [1.54, 1.807) is 53.1 Å². The van der Waals surface area contributed by atoms with Gasteiger partial charge in [0.2, 0.25) is 5.91 Å². The van der Waals surface area contributed by atoms with E-state index in [4.69, 9.17) is 0 Å². The van der Waals surface area contributed by atoms with Gasteiger partial charge in [0.15, 0.2) is 5.78 Å². The van der Waals surface area contributed by atoms with Crippen LogP contribution in [0.4, 0.5) is 13.6 Å². The van der Waals surface area contributed by atoms with Crippen LogP contribution in [0.25, 0.3) is 0 Å². The van der Waals surface area contributed by atoms with E-state index in [0.29, 0.717) is 18.4 Å². The lowest BCUT2D eigenvalue weighted by molar-refractivity contribution is -0.123. The Hall–Kier alpha value is -6.11. The molecule has 8 rings (SSSR count). The van der Waals surface area contributed by atoms with E-state index < -0.39 is 57.5 Å². The molecule has 8 nitrogen and oxygen atoms in total. The Balaban J connectivity index is 1.09. The highest BCUT2D eigenvalue weighted by Crippen LogP contribution is 2.52. The van der Waals surface area contributed by atoms with Gasteiger partial charge in [0.1, 0.15) is 12.0 Å². The molecule has 2 N–H and O–H groups in total. The van der Waals surface area contributed by atoms with E-state index >= 15 is 4.39 Å². The van der Waals surface area contributed by atoms with Gasteiger partial charge in [0, 0.05) is 23.9 Å². The summed E-state index contributed by atoms with van der Waals surface area (Å²) in [7, 11) is 0. The number of imide groups is 1. The van der Waals surface area contributed by atoms with Crippen LogP contribution in [0.5, 0.6) is 0 Å². The fraction of sp³-hybridized carbons (Fsp3) is 0.204. The van der Waals surface area contributed by atoms with E-state index in [1.807, 2.05) is 60.7 Å². The summed E-state index contributed by atoms with van der Waals surface area (Å²) >= 11 is 2.56. The maximum atomic E-state index is 15.1. The van der Waals surface area contributed by atoms with Crippen LogP contribution >= 0.6 is 23.5 Å². The second kappa shape index (κ2) is 18.2. The highest BCUT2D eigenvalue weighted by molar-refractivity contribution is 8.18. The minimum Gasteiger partial charge on any atom is -0.354 e. The van der Waals surface area contributed by atoms with Crippen LogP contribution in [0.1, 0.15) is 50.2 Å². The molecule has 0 saturated carbocycles. The molecule has 0 radical (unpaired) electrons. The third kappa shape index (κ3) is 8.87. The molecule has 12 heteroatoms. The number of benzene rings is 4. The van der Waals surface area contributed by atoms with Gasteiger partial charge < -0.3 is 10.2 Å². The summed E-state index contributed by atoms with van der Waals surface area (Å²) in [5, 5.41) is 4.73. The fourth-order valence-corrected chi connectivity index (χ4v) is 10.9. The van der Waals surface area contributed by atoms with Crippen LogP contribution in [0.2, 0.25) is 0 Å². The third-order valence-electron chi connectivity index (χ3n) is 11.3. The largest absolute Gasteiger partial charge is 0.354 e. The highest BCUT2D eigenvalue weighted by atomic mass is 32.2. The van der Waals surface area contributed by atoms with Crippen LogP contribution in [0, 0.1) is 11.8 Å². The summed E-state index contributed by atoms with van der Waals surface area (Å²) in [6.07, 6.45) is 8.94. The van der Waals surface area contributed by atoms with Crippen molar-refractivity contribution in [2.45, 2.75) is 35.1 Å². The van der Waals surface area contributed by atoms with E-state index in [0.717, 1.165) is 40.6 Å². The molecule has 61 heavy (non-hydrogen) atoms. The number of nitrogens with one attached hydrogen (secondary N) is 2. The number of carbonyl (C=O) groups is 5. The van der Waals surface area contributed by atoms with Crippen molar-refractivity contribution in [2.75, 3.05) is 13.1 Å². The third-order valence-corrected chi connectivity index (χ3v) is 13.8. The number of thioether (sulfide) groups is 2. The van der Waals surface area contributed by atoms with Crippen molar-refractivity contribution < 1.29 is 32.8 Å². The summed E-state index contributed by atoms with van der Waals surface area (Å²) in [6, 6.07) is 36.5. The number of halogens is 2. The number of carbonyl (C=O) groups excluding carboxylic acids is 5. The fourth-order valence-electron chi connectivity index (χ4n) is 8.30. The zero-order valence-corrected chi connectivity index (χ0v) is 34.4. The number of likely N-dealkylation sites (tertiary alicyclic amines) is 1. The van der Waals surface area contributed by atoms with E-state index in [1.165, 1.54) is 12.1 Å². The van der Waals surface area contributed by atoms with Gasteiger partial charge >= 0.3 is 0 Å². The van der Waals surface area contributed by atoms with Gasteiger partial charge in [-0.3, -0.25) is 29.3 Å². The van der Waals surface area contributed by atoms with Crippen molar-refractivity contribution >= 4 is 52.3 Å². The zero-order chi connectivity index (χ0) is 42.5. The van der Waals surface area contributed by atoms with Gasteiger partial charge in [-0.2, -0.15) is 0 Å². The Bertz CT molecular complexity index is 2410. The average molecular weight is 854 g/mol. The van der Waals surface area contributed by atoms with Gasteiger partial charge in [-0.1, -0.05) is 133 Å². The lowest BCUT2D eigenvalue weighted by Gasteiger charge is -2.37. The van der Waals surface area contributed by atoms with Crippen LogP contribution in [-0.4, -0.2) is 64.2 Å². The molecule has 2 heterocycles. The quantitative estimate of drug-likeness (QED) is 0.0832. The molecular weight excluding hydrogens is 813 g/mol. The minimum atomic E-state index is -1.89. The minimum absolute atomic E-state index is 0.0364. The molecule has 0 bridgehead atoms. The number of Topliss-reactive ketones (excluding diaryl/α,β-unsaturated/α-hetero) is 1. The second-order valence-electron chi connectivity index (χ2n) is 15.2. The van der Waals surface area contributed by atoms with E-state index in [9.17, 15) is 28.4 Å². The molecular formula is C49H41F2N3O5S2. The Morgan fingerprint density at radius 1 is 0.836 bits per heavy atom. The summed E-state index contributed by atoms with van der Waals surface area (Å²) in [5.74, 6) is -4.34. The van der Waals surface area contributed by atoms with Gasteiger partial charge in [-0.25, -0.2) is 8.78 Å². The number of ketones is 1. The maximum absolute atomic E-state index is 15.1. The Kier molecular flexibility index (Phi) is 12.4. The molecule has 4 aromatic carbocycles. The highest BCUT2D eigenvalue weighted by Gasteiger charge is 2.45. The first-order chi connectivity index (χ1) is 29.6. The van der Waals surface area contributed by atoms with Crippen molar-refractivity contribution in [3.05, 3.63) is 202 Å². The number of hydrogen-bond donors (Lipinski definition) is 2. The number of rotatable bonds is 12. The van der Waals surface area contributed by atoms with Crippen LogP contribution in [0.3, 0.4) is 0 Å². The first-order valence-electron chi connectivity index (χ1n) is 20.0.